The standard InChI is InChI=1S/C19H18N4/c1-4-21-13(2)15-9-10-18(16(11-15)12-20)23-19-8-6-5-7-17(19)14(3)22-23/h5-11,21H,2,4H2,1,3H3. The minimum atomic E-state index is 0.579. The Morgan fingerprint density at radius 1 is 1.30 bits per heavy atom. The maximum atomic E-state index is 9.55. The Labute approximate surface area is 135 Å². The molecule has 2 aromatic carbocycles. The van der Waals surface area contributed by atoms with Gasteiger partial charge in [0.05, 0.1) is 22.5 Å². The number of aryl methyl sites for hydroxylation is 1. The van der Waals surface area contributed by atoms with E-state index < -0.39 is 0 Å². The van der Waals surface area contributed by atoms with E-state index in [0.717, 1.165) is 40.1 Å². The van der Waals surface area contributed by atoms with Crippen LogP contribution in [0.3, 0.4) is 0 Å². The van der Waals surface area contributed by atoms with Gasteiger partial charge in [0.15, 0.2) is 0 Å². The maximum Gasteiger partial charge on any atom is 0.101 e. The number of benzene rings is 2. The minimum Gasteiger partial charge on any atom is -0.385 e. The van der Waals surface area contributed by atoms with E-state index >= 15 is 0 Å². The average Bonchev–Trinajstić information content (AvgIpc) is 2.91. The summed E-state index contributed by atoms with van der Waals surface area (Å²) in [7, 11) is 0. The molecule has 23 heavy (non-hydrogen) atoms. The largest absolute Gasteiger partial charge is 0.385 e. The van der Waals surface area contributed by atoms with Crippen LogP contribution in [0.5, 0.6) is 0 Å². The summed E-state index contributed by atoms with van der Waals surface area (Å²) in [6.07, 6.45) is 0. The van der Waals surface area contributed by atoms with E-state index in [-0.39, 0.29) is 0 Å². The predicted octanol–water partition coefficient (Wildman–Crippen LogP) is 3.79. The molecule has 114 valence electrons. The molecule has 0 saturated carbocycles. The Bertz CT molecular complexity index is 928. The summed E-state index contributed by atoms with van der Waals surface area (Å²) in [6.45, 7) is 8.80. The molecule has 0 spiro atoms. The van der Waals surface area contributed by atoms with Gasteiger partial charge in [-0.1, -0.05) is 30.8 Å². The number of hydrogen-bond donors (Lipinski definition) is 1. The molecule has 4 nitrogen and oxygen atoms in total. The fraction of sp³-hybridized carbons (Fsp3) is 0.158. The van der Waals surface area contributed by atoms with E-state index in [4.69, 9.17) is 0 Å². The molecule has 0 saturated heterocycles. The van der Waals surface area contributed by atoms with Crippen molar-refractivity contribution in [1.82, 2.24) is 15.1 Å². The normalized spacial score (nSPS) is 10.5. The van der Waals surface area contributed by atoms with Crippen LogP contribution in [0.4, 0.5) is 0 Å². The highest BCUT2D eigenvalue weighted by molar-refractivity contribution is 5.83. The van der Waals surface area contributed by atoms with E-state index in [1.54, 1.807) is 0 Å². The van der Waals surface area contributed by atoms with Crippen LogP contribution in [-0.4, -0.2) is 16.3 Å². The van der Waals surface area contributed by atoms with Crippen LogP contribution in [0.1, 0.15) is 23.7 Å². The number of rotatable bonds is 4. The molecule has 0 aliphatic rings. The monoisotopic (exact) mass is 302 g/mol. The van der Waals surface area contributed by atoms with E-state index in [1.165, 1.54) is 0 Å². The van der Waals surface area contributed by atoms with E-state index in [2.05, 4.69) is 23.1 Å². The molecule has 0 aliphatic heterocycles. The van der Waals surface area contributed by atoms with Crippen molar-refractivity contribution in [2.75, 3.05) is 6.54 Å². The van der Waals surface area contributed by atoms with Gasteiger partial charge in [-0.15, -0.1) is 0 Å². The van der Waals surface area contributed by atoms with Gasteiger partial charge in [0.1, 0.15) is 6.07 Å². The number of nitriles is 1. The van der Waals surface area contributed by atoms with Crippen molar-refractivity contribution in [3.8, 4) is 11.8 Å². The van der Waals surface area contributed by atoms with Gasteiger partial charge in [0, 0.05) is 17.6 Å². The van der Waals surface area contributed by atoms with E-state index in [1.807, 2.05) is 61.0 Å². The lowest BCUT2D eigenvalue weighted by atomic mass is 10.1. The van der Waals surface area contributed by atoms with Crippen LogP contribution in [-0.2, 0) is 0 Å². The van der Waals surface area contributed by atoms with Gasteiger partial charge in [-0.25, -0.2) is 4.68 Å². The lowest BCUT2D eigenvalue weighted by Gasteiger charge is -2.11. The minimum absolute atomic E-state index is 0.579. The van der Waals surface area contributed by atoms with Crippen molar-refractivity contribution in [3.63, 3.8) is 0 Å². The smallest absolute Gasteiger partial charge is 0.101 e. The van der Waals surface area contributed by atoms with Crippen LogP contribution in [0.2, 0.25) is 0 Å². The molecule has 1 heterocycles. The van der Waals surface area contributed by atoms with Gasteiger partial charge in [0.2, 0.25) is 0 Å². The van der Waals surface area contributed by atoms with E-state index in [9.17, 15) is 5.26 Å². The maximum absolute atomic E-state index is 9.55. The third-order valence-electron chi connectivity index (χ3n) is 3.86. The third-order valence-corrected chi connectivity index (χ3v) is 3.86. The molecule has 4 heteroatoms. The van der Waals surface area contributed by atoms with Crippen molar-refractivity contribution in [2.45, 2.75) is 13.8 Å². The first kappa shape index (κ1) is 14.9. The molecule has 3 aromatic rings. The summed E-state index contributed by atoms with van der Waals surface area (Å²) in [6, 6.07) is 16.1. The highest BCUT2D eigenvalue weighted by Crippen LogP contribution is 2.25. The van der Waals surface area contributed by atoms with Gasteiger partial charge < -0.3 is 5.32 Å². The summed E-state index contributed by atoms with van der Waals surface area (Å²) in [5.74, 6) is 0. The molecule has 0 fully saturated rings. The zero-order valence-corrected chi connectivity index (χ0v) is 13.3. The number of nitrogens with zero attached hydrogens (tertiary/aromatic N) is 3. The summed E-state index contributed by atoms with van der Waals surface area (Å²) >= 11 is 0. The predicted molar refractivity (Wildman–Crippen MR) is 93.2 cm³/mol. The Balaban J connectivity index is 2.16. The number of para-hydroxylation sites is 1. The molecule has 0 unspecified atom stereocenters. The molecular weight excluding hydrogens is 284 g/mol. The first-order valence-electron chi connectivity index (χ1n) is 7.57. The summed E-state index contributed by atoms with van der Waals surface area (Å²) < 4.78 is 1.84. The molecule has 1 aromatic heterocycles. The zero-order chi connectivity index (χ0) is 16.4. The molecule has 0 aliphatic carbocycles. The molecule has 0 amide bonds. The molecule has 0 bridgehead atoms. The third kappa shape index (κ3) is 2.58. The van der Waals surface area contributed by atoms with Gasteiger partial charge in [-0.3, -0.25) is 0 Å². The van der Waals surface area contributed by atoms with Crippen LogP contribution in [0.25, 0.3) is 22.3 Å². The van der Waals surface area contributed by atoms with Crippen LogP contribution in [0, 0.1) is 18.3 Å². The molecule has 0 atom stereocenters. The topological polar surface area (TPSA) is 53.6 Å². The van der Waals surface area contributed by atoms with Gasteiger partial charge in [-0.2, -0.15) is 10.4 Å². The van der Waals surface area contributed by atoms with Crippen molar-refractivity contribution in [1.29, 1.82) is 5.26 Å². The average molecular weight is 302 g/mol. The molecule has 0 radical (unpaired) electrons. The second-order valence-corrected chi connectivity index (χ2v) is 5.37. The Kier molecular flexibility index (Phi) is 3.86. The molecule has 3 rings (SSSR count). The SMILES string of the molecule is C=C(NCC)c1ccc(-n2nc(C)c3ccccc32)c(C#N)c1. The second kappa shape index (κ2) is 5.98. The zero-order valence-electron chi connectivity index (χ0n) is 13.3. The fourth-order valence-corrected chi connectivity index (χ4v) is 2.72. The van der Waals surface area contributed by atoms with E-state index in [0.29, 0.717) is 5.56 Å². The Hall–Kier alpha value is -3.06. The van der Waals surface area contributed by atoms with Crippen molar-refractivity contribution in [2.24, 2.45) is 0 Å². The Morgan fingerprint density at radius 3 is 2.83 bits per heavy atom. The number of fused-ring (bicyclic) bond motifs is 1. The van der Waals surface area contributed by atoms with Crippen molar-refractivity contribution < 1.29 is 0 Å². The van der Waals surface area contributed by atoms with Crippen molar-refractivity contribution in [3.05, 3.63) is 65.9 Å². The number of nitrogens with one attached hydrogen (secondary N) is 1. The molecular formula is C19H18N4. The first-order valence-corrected chi connectivity index (χ1v) is 7.57. The molecule has 1 N–H and O–H groups in total. The van der Waals surface area contributed by atoms with Crippen LogP contribution >= 0.6 is 0 Å². The first-order chi connectivity index (χ1) is 11.2. The van der Waals surface area contributed by atoms with Crippen LogP contribution < -0.4 is 5.32 Å². The van der Waals surface area contributed by atoms with Gasteiger partial charge in [-0.05, 0) is 37.6 Å². The highest BCUT2D eigenvalue weighted by atomic mass is 15.3. The lowest BCUT2D eigenvalue weighted by Crippen LogP contribution is -2.10. The fourth-order valence-electron chi connectivity index (χ4n) is 2.72. The van der Waals surface area contributed by atoms with Crippen LogP contribution in [0.15, 0.2) is 49.0 Å². The summed E-state index contributed by atoms with van der Waals surface area (Å²) in [5, 5.41) is 18.4. The summed E-state index contributed by atoms with van der Waals surface area (Å²) in [5.41, 5.74) is 5.04. The van der Waals surface area contributed by atoms with Gasteiger partial charge >= 0.3 is 0 Å². The van der Waals surface area contributed by atoms with Gasteiger partial charge in [0.25, 0.3) is 0 Å². The summed E-state index contributed by atoms with van der Waals surface area (Å²) in [4.78, 5) is 0. The Morgan fingerprint density at radius 2 is 2.09 bits per heavy atom. The number of hydrogen-bond acceptors (Lipinski definition) is 3. The lowest BCUT2D eigenvalue weighted by molar-refractivity contribution is 0.885. The quantitative estimate of drug-likeness (QED) is 0.798. The second-order valence-electron chi connectivity index (χ2n) is 5.37. The highest BCUT2D eigenvalue weighted by Gasteiger charge is 2.13. The number of aromatic nitrogens is 2. The van der Waals surface area contributed by atoms with Crippen molar-refractivity contribution >= 4 is 16.6 Å².